The summed E-state index contributed by atoms with van der Waals surface area (Å²) in [5.41, 5.74) is 1.96. The van der Waals surface area contributed by atoms with Gasteiger partial charge >= 0.3 is 0 Å². The minimum atomic E-state index is -3.75. The Morgan fingerprint density at radius 3 is 2.09 bits per heavy atom. The van der Waals surface area contributed by atoms with E-state index in [4.69, 9.17) is 0 Å². The summed E-state index contributed by atoms with van der Waals surface area (Å²) >= 11 is 0. The molecule has 0 spiro atoms. The van der Waals surface area contributed by atoms with Gasteiger partial charge in [-0.25, -0.2) is 8.42 Å². The van der Waals surface area contributed by atoms with Gasteiger partial charge in [0.15, 0.2) is 0 Å². The third-order valence-electron chi connectivity index (χ3n) is 6.01. The number of nitrogens with zero attached hydrogens (tertiary/aromatic N) is 1. The van der Waals surface area contributed by atoms with Crippen molar-refractivity contribution < 1.29 is 13.2 Å². The Kier molecular flexibility index (Phi) is 9.28. The zero-order chi connectivity index (χ0) is 24.4. The summed E-state index contributed by atoms with van der Waals surface area (Å²) < 4.78 is 28.3. The molecular weight excluding hydrogens is 444 g/mol. The molecule has 1 N–H and O–H groups in total. The lowest BCUT2D eigenvalue weighted by Crippen LogP contribution is -2.31. The van der Waals surface area contributed by atoms with E-state index in [0.717, 1.165) is 24.8 Å². The smallest absolute Gasteiger partial charge is 0.264 e. The predicted octanol–water partition coefficient (Wildman–Crippen LogP) is 6.03. The molecule has 180 valence electrons. The molecule has 0 saturated heterocycles. The average Bonchev–Trinajstić information content (AvgIpc) is 2.88. The first-order valence-electron chi connectivity index (χ1n) is 12.0. The third-order valence-corrected chi connectivity index (χ3v) is 7.80. The number of hydrogen-bond donors (Lipinski definition) is 1. The number of amides is 1. The second-order valence-electron chi connectivity index (χ2n) is 8.48. The first kappa shape index (κ1) is 25.5. The molecule has 3 aromatic carbocycles. The van der Waals surface area contributed by atoms with E-state index in [1.54, 1.807) is 54.6 Å². The number of carbonyl (C=O) groups is 1. The summed E-state index contributed by atoms with van der Waals surface area (Å²) in [4.78, 5) is 12.9. The number of carbonyl (C=O) groups excluding carboxylic acids is 1. The average molecular weight is 479 g/mol. The van der Waals surface area contributed by atoms with Gasteiger partial charge in [-0.1, -0.05) is 81.6 Å². The number of nitrogens with one attached hydrogen (secondary N) is 1. The van der Waals surface area contributed by atoms with E-state index in [2.05, 4.69) is 19.2 Å². The lowest BCUT2D eigenvalue weighted by Gasteiger charge is -2.25. The van der Waals surface area contributed by atoms with Crippen LogP contribution in [0.5, 0.6) is 0 Å². The van der Waals surface area contributed by atoms with Crippen LogP contribution in [0.4, 0.5) is 5.69 Å². The van der Waals surface area contributed by atoms with E-state index in [1.807, 2.05) is 30.3 Å². The summed E-state index contributed by atoms with van der Waals surface area (Å²) in [6.07, 6.45) is 4.50. The van der Waals surface area contributed by atoms with Gasteiger partial charge in [0.2, 0.25) is 0 Å². The van der Waals surface area contributed by atoms with Crippen molar-refractivity contribution >= 4 is 21.6 Å². The Balaban J connectivity index is 1.75. The molecule has 0 unspecified atom stereocenters. The molecule has 0 fully saturated rings. The highest BCUT2D eigenvalue weighted by atomic mass is 32.2. The molecule has 0 radical (unpaired) electrons. The fourth-order valence-corrected chi connectivity index (χ4v) is 5.31. The van der Waals surface area contributed by atoms with Gasteiger partial charge in [0.1, 0.15) is 0 Å². The first-order valence-corrected chi connectivity index (χ1v) is 13.4. The molecular formula is C28H34N2O3S. The van der Waals surface area contributed by atoms with Crippen LogP contribution in [-0.4, -0.2) is 20.9 Å². The van der Waals surface area contributed by atoms with Crippen molar-refractivity contribution in [2.24, 2.45) is 5.92 Å². The van der Waals surface area contributed by atoms with Crippen LogP contribution < -0.4 is 9.62 Å². The Hall–Kier alpha value is -3.12. The van der Waals surface area contributed by atoms with Crippen molar-refractivity contribution in [1.82, 2.24) is 5.32 Å². The van der Waals surface area contributed by atoms with Crippen molar-refractivity contribution in [2.45, 2.75) is 51.0 Å². The number of para-hydroxylation sites is 1. The van der Waals surface area contributed by atoms with Crippen molar-refractivity contribution in [3.05, 3.63) is 96.1 Å². The third kappa shape index (κ3) is 6.70. The quantitative estimate of drug-likeness (QED) is 0.346. The fraction of sp³-hybridized carbons (Fsp3) is 0.321. The number of unbranched alkanes of at least 4 members (excludes halogenated alkanes) is 1. The number of rotatable bonds is 12. The van der Waals surface area contributed by atoms with Crippen molar-refractivity contribution in [3.8, 4) is 0 Å². The van der Waals surface area contributed by atoms with Crippen LogP contribution in [0, 0.1) is 5.92 Å². The minimum absolute atomic E-state index is 0.0988. The maximum absolute atomic E-state index is 13.4. The van der Waals surface area contributed by atoms with Crippen LogP contribution in [0.15, 0.2) is 89.8 Å². The van der Waals surface area contributed by atoms with Crippen LogP contribution in [0.1, 0.15) is 55.5 Å². The lowest BCUT2D eigenvalue weighted by atomic mass is 9.99. The van der Waals surface area contributed by atoms with Gasteiger partial charge in [-0.3, -0.25) is 9.10 Å². The van der Waals surface area contributed by atoms with Gasteiger partial charge in [0.25, 0.3) is 15.9 Å². The molecule has 0 aromatic heterocycles. The Morgan fingerprint density at radius 2 is 1.50 bits per heavy atom. The van der Waals surface area contributed by atoms with E-state index in [0.29, 0.717) is 23.7 Å². The van der Waals surface area contributed by atoms with E-state index in [-0.39, 0.29) is 17.3 Å². The highest BCUT2D eigenvalue weighted by Gasteiger charge is 2.25. The molecule has 0 aliphatic rings. The number of hydrogen-bond acceptors (Lipinski definition) is 3. The molecule has 1 amide bonds. The molecule has 0 bridgehead atoms. The summed E-state index contributed by atoms with van der Waals surface area (Å²) in [6.45, 7) is 5.17. The molecule has 0 heterocycles. The highest BCUT2D eigenvalue weighted by Crippen LogP contribution is 2.26. The SMILES string of the molecule is CCCC[C@H](CC)CNC(=O)c1ccc(CN(c2ccccc2)S(=O)(=O)c2ccccc2)cc1. The second kappa shape index (κ2) is 12.4. The largest absolute Gasteiger partial charge is 0.352 e. The van der Waals surface area contributed by atoms with Crippen LogP contribution in [0.3, 0.4) is 0 Å². The van der Waals surface area contributed by atoms with Crippen molar-refractivity contribution in [2.75, 3.05) is 10.8 Å². The molecule has 0 aliphatic heterocycles. The Morgan fingerprint density at radius 1 is 0.882 bits per heavy atom. The molecule has 6 heteroatoms. The maximum atomic E-state index is 13.4. The Labute approximate surface area is 203 Å². The number of anilines is 1. The zero-order valence-electron chi connectivity index (χ0n) is 20.0. The summed E-state index contributed by atoms with van der Waals surface area (Å²) in [7, 11) is -3.75. The fourth-order valence-electron chi connectivity index (χ4n) is 3.84. The van der Waals surface area contributed by atoms with Crippen molar-refractivity contribution in [1.29, 1.82) is 0 Å². The van der Waals surface area contributed by atoms with E-state index < -0.39 is 10.0 Å². The van der Waals surface area contributed by atoms with Gasteiger partial charge in [0, 0.05) is 12.1 Å². The van der Waals surface area contributed by atoms with Crippen molar-refractivity contribution in [3.63, 3.8) is 0 Å². The topological polar surface area (TPSA) is 66.5 Å². The summed E-state index contributed by atoms with van der Waals surface area (Å²) in [5.74, 6) is 0.393. The standard InChI is InChI=1S/C28H34N2O3S/c1-3-5-12-23(4-2)21-29-28(31)25-19-17-24(18-20-25)22-30(26-13-8-6-9-14-26)34(32,33)27-15-10-7-11-16-27/h6-11,13-20,23H,3-5,12,21-22H2,1-2H3,(H,29,31)/t23-/m0/s1. The lowest BCUT2D eigenvalue weighted by molar-refractivity contribution is 0.0946. The highest BCUT2D eigenvalue weighted by molar-refractivity contribution is 7.92. The van der Waals surface area contributed by atoms with Gasteiger partial charge in [-0.2, -0.15) is 0 Å². The molecule has 5 nitrogen and oxygen atoms in total. The molecule has 0 aliphatic carbocycles. The minimum Gasteiger partial charge on any atom is -0.352 e. The van der Waals surface area contributed by atoms with Crippen LogP contribution in [0.2, 0.25) is 0 Å². The molecule has 34 heavy (non-hydrogen) atoms. The maximum Gasteiger partial charge on any atom is 0.264 e. The Bertz CT molecular complexity index is 1130. The van der Waals surface area contributed by atoms with Gasteiger partial charge in [0.05, 0.1) is 17.1 Å². The normalized spacial score (nSPS) is 12.2. The van der Waals surface area contributed by atoms with E-state index >= 15 is 0 Å². The van der Waals surface area contributed by atoms with E-state index in [1.165, 1.54) is 10.7 Å². The molecule has 1 atom stereocenters. The molecule has 3 rings (SSSR count). The van der Waals surface area contributed by atoms with Crippen LogP contribution in [-0.2, 0) is 16.6 Å². The summed E-state index contributed by atoms with van der Waals surface area (Å²) in [5, 5.41) is 3.05. The summed E-state index contributed by atoms with van der Waals surface area (Å²) in [6, 6.07) is 24.6. The monoisotopic (exact) mass is 478 g/mol. The van der Waals surface area contributed by atoms with Crippen LogP contribution in [0.25, 0.3) is 0 Å². The molecule has 3 aromatic rings. The van der Waals surface area contributed by atoms with Gasteiger partial charge in [-0.15, -0.1) is 0 Å². The molecule has 0 saturated carbocycles. The number of benzene rings is 3. The number of sulfonamides is 1. The van der Waals surface area contributed by atoms with E-state index in [9.17, 15) is 13.2 Å². The van der Waals surface area contributed by atoms with Gasteiger partial charge in [-0.05, 0) is 54.3 Å². The first-order chi connectivity index (χ1) is 16.5. The van der Waals surface area contributed by atoms with Gasteiger partial charge < -0.3 is 5.32 Å². The predicted molar refractivity (Wildman–Crippen MR) is 138 cm³/mol. The van der Waals surface area contributed by atoms with Crippen LogP contribution >= 0.6 is 0 Å². The second-order valence-corrected chi connectivity index (χ2v) is 10.3. The zero-order valence-corrected chi connectivity index (χ0v) is 20.8.